The van der Waals surface area contributed by atoms with E-state index in [4.69, 9.17) is 4.89 Å². The Hall–Kier alpha value is -1.04. The van der Waals surface area contributed by atoms with Crippen LogP contribution in [0.5, 0.6) is 0 Å². The zero-order valence-electron chi connectivity index (χ0n) is 6.21. The Morgan fingerprint density at radius 1 is 1.42 bits per heavy atom. The Bertz CT molecular complexity index is 276. The number of aromatic nitrogens is 4. The van der Waals surface area contributed by atoms with Gasteiger partial charge in [0.05, 0.1) is 0 Å². The van der Waals surface area contributed by atoms with Crippen LogP contribution in [0.3, 0.4) is 0 Å². The molecule has 0 aliphatic carbocycles. The van der Waals surface area contributed by atoms with Gasteiger partial charge in [0.15, 0.2) is 12.4 Å². The van der Waals surface area contributed by atoms with Gasteiger partial charge in [-0.3, -0.25) is 0 Å². The van der Waals surface area contributed by atoms with Gasteiger partial charge >= 0.3 is 8.25 Å². The fourth-order valence-corrected chi connectivity index (χ4v) is 0.697. The van der Waals surface area contributed by atoms with Crippen LogP contribution in [0.25, 0.3) is 0 Å². The highest BCUT2D eigenvalue weighted by molar-refractivity contribution is 7.32. The first kappa shape index (κ1) is 9.05. The zero-order chi connectivity index (χ0) is 8.97. The molecule has 0 spiro atoms. The van der Waals surface area contributed by atoms with E-state index in [2.05, 4.69) is 24.9 Å². The lowest BCUT2D eigenvalue weighted by Crippen LogP contribution is -2.02. The van der Waals surface area contributed by atoms with Gasteiger partial charge in [0.25, 0.3) is 0 Å². The smallest absolute Gasteiger partial charge is 0.133 e. The lowest BCUT2D eigenvalue weighted by atomic mass is 10.7. The fraction of sp³-hybridized carbons (Fsp3) is 0.500. The van der Waals surface area contributed by atoms with Gasteiger partial charge in [0.2, 0.25) is 5.82 Å². The van der Waals surface area contributed by atoms with E-state index in [9.17, 15) is 4.57 Å². The molecule has 0 aromatic carbocycles. The van der Waals surface area contributed by atoms with Gasteiger partial charge in [0, 0.05) is 4.57 Å². The van der Waals surface area contributed by atoms with Crippen molar-refractivity contribution in [3.8, 4) is 0 Å². The maximum atomic E-state index is 10.1. The predicted molar refractivity (Wildman–Crippen MR) is 37.0 cm³/mol. The molecule has 8 heteroatoms. The Labute approximate surface area is 68.8 Å². The van der Waals surface area contributed by atoms with E-state index in [0.29, 0.717) is 5.82 Å². The highest BCUT2D eigenvalue weighted by Crippen LogP contribution is 2.15. The average Bonchev–Trinajstić information content (AvgIpc) is 2.03. The molecule has 0 saturated carbocycles. The van der Waals surface area contributed by atoms with Crippen molar-refractivity contribution in [2.75, 3.05) is 0 Å². The van der Waals surface area contributed by atoms with Crippen LogP contribution in [0, 0.1) is 6.92 Å². The molecule has 1 atom stereocenters. The molecule has 0 aliphatic rings. The number of rotatable bonds is 3. The van der Waals surface area contributed by atoms with E-state index in [1.807, 2.05) is 0 Å². The Morgan fingerprint density at radius 2 is 2.00 bits per heavy atom. The summed E-state index contributed by atoms with van der Waals surface area (Å²) in [5.74, 6) is 0.616. The summed E-state index contributed by atoms with van der Waals surface area (Å²) in [6, 6.07) is 0. The summed E-state index contributed by atoms with van der Waals surface area (Å²) >= 11 is 0. The largest absolute Gasteiger partial charge is 0.695 e. The van der Waals surface area contributed by atoms with Crippen LogP contribution < -0.4 is 0 Å². The summed E-state index contributed by atoms with van der Waals surface area (Å²) in [5, 5.41) is 14.3. The van der Waals surface area contributed by atoms with E-state index in [-0.39, 0.29) is 12.4 Å². The molecule has 0 fully saturated rings. The molecule has 1 aromatic heterocycles. The van der Waals surface area contributed by atoms with Crippen molar-refractivity contribution in [3.63, 3.8) is 0 Å². The minimum atomic E-state index is -2.62. The normalized spacial score (nSPS) is 11.3. The van der Waals surface area contributed by atoms with Crippen molar-refractivity contribution in [3.05, 3.63) is 11.6 Å². The number of hydrogen-bond donors (Lipinski definition) is 1. The van der Waals surface area contributed by atoms with Gasteiger partial charge in [-0.25, -0.2) is 0 Å². The van der Waals surface area contributed by atoms with Crippen molar-refractivity contribution in [1.82, 2.24) is 20.4 Å². The molecule has 1 rings (SSSR count). The lowest BCUT2D eigenvalue weighted by Gasteiger charge is -1.90. The van der Waals surface area contributed by atoms with Gasteiger partial charge < -0.3 is 0 Å². The quantitative estimate of drug-likeness (QED) is 0.654. The molecule has 64 valence electrons. The van der Waals surface area contributed by atoms with Crippen LogP contribution in [0.2, 0.25) is 0 Å². The van der Waals surface area contributed by atoms with Crippen LogP contribution in [0.1, 0.15) is 11.6 Å². The van der Waals surface area contributed by atoms with E-state index in [0.717, 1.165) is 0 Å². The third-order valence-corrected chi connectivity index (χ3v) is 1.27. The van der Waals surface area contributed by atoms with Crippen LogP contribution in [-0.2, 0) is 15.7 Å². The van der Waals surface area contributed by atoms with Crippen molar-refractivity contribution in [2.45, 2.75) is 13.5 Å². The van der Waals surface area contributed by atoms with Gasteiger partial charge in [-0.1, -0.05) is 0 Å². The van der Waals surface area contributed by atoms with E-state index < -0.39 is 8.25 Å². The summed E-state index contributed by atoms with van der Waals surface area (Å²) in [7, 11) is -2.62. The molecule has 0 radical (unpaired) electrons. The molecule has 0 amide bonds. The molecule has 1 N–H and O–H groups in total. The summed E-state index contributed by atoms with van der Waals surface area (Å²) in [6.45, 7) is 1.48. The van der Waals surface area contributed by atoms with Crippen molar-refractivity contribution in [1.29, 1.82) is 0 Å². The fourth-order valence-electron chi connectivity index (χ4n) is 0.471. The van der Waals surface area contributed by atoms with Crippen LogP contribution in [-0.4, -0.2) is 25.3 Å². The summed E-state index contributed by atoms with van der Waals surface area (Å²) in [5.41, 5.74) is 0. The van der Waals surface area contributed by atoms with Crippen molar-refractivity contribution < 1.29 is 14.0 Å². The molecule has 0 saturated heterocycles. The third kappa shape index (κ3) is 2.91. The molecule has 7 nitrogen and oxygen atoms in total. The second-order valence-electron chi connectivity index (χ2n) is 1.87. The van der Waals surface area contributed by atoms with E-state index >= 15 is 0 Å². The molecule has 12 heavy (non-hydrogen) atoms. The van der Waals surface area contributed by atoms with E-state index in [1.165, 1.54) is 0 Å². The average molecular weight is 189 g/mol. The van der Waals surface area contributed by atoms with Gasteiger partial charge in [0.1, 0.15) is 0 Å². The first-order chi connectivity index (χ1) is 5.68. The Morgan fingerprint density at radius 3 is 2.50 bits per heavy atom. The second kappa shape index (κ2) is 4.10. The lowest BCUT2D eigenvalue weighted by molar-refractivity contribution is 0.262. The summed E-state index contributed by atoms with van der Waals surface area (Å²) < 4.78 is 14.4. The van der Waals surface area contributed by atoms with Crippen LogP contribution >= 0.6 is 8.25 Å². The molecule has 1 heterocycles. The van der Waals surface area contributed by atoms with Gasteiger partial charge in [-0.05, 0) is 6.92 Å². The van der Waals surface area contributed by atoms with E-state index in [1.54, 1.807) is 6.92 Å². The Kier molecular flexibility index (Phi) is 3.09. The number of nitrogens with zero attached hydrogens (tertiary/aromatic N) is 4. The molecule has 1 aromatic rings. The molecular formula is C4H6N4O3P+. The van der Waals surface area contributed by atoms with Crippen LogP contribution in [0.15, 0.2) is 0 Å². The predicted octanol–water partition coefficient (Wildman–Crippen LogP) is -0.259. The molecular weight excluding hydrogens is 183 g/mol. The first-order valence-corrected chi connectivity index (χ1v) is 4.13. The highest BCUT2D eigenvalue weighted by atomic mass is 31.1. The maximum absolute atomic E-state index is 10.1. The number of aryl methyl sites for hydroxylation is 1. The van der Waals surface area contributed by atoms with Crippen molar-refractivity contribution >= 4 is 8.25 Å². The SMILES string of the molecule is Cc1nnc(CO[P+](=O)O)nn1. The van der Waals surface area contributed by atoms with Gasteiger partial charge in [-0.15, -0.1) is 29.8 Å². The van der Waals surface area contributed by atoms with Crippen LogP contribution in [0.4, 0.5) is 0 Å². The molecule has 0 bridgehead atoms. The summed E-state index contributed by atoms with van der Waals surface area (Å²) in [4.78, 5) is 8.26. The second-order valence-corrected chi connectivity index (χ2v) is 2.61. The van der Waals surface area contributed by atoms with Gasteiger partial charge in [-0.2, -0.15) is 0 Å². The number of hydrogen-bond acceptors (Lipinski definition) is 6. The third-order valence-electron chi connectivity index (χ3n) is 0.924. The summed E-state index contributed by atoms with van der Waals surface area (Å²) in [6.07, 6.45) is 0. The molecule has 1 unspecified atom stereocenters. The Balaban J connectivity index is 2.53. The monoisotopic (exact) mass is 189 g/mol. The standard InChI is InChI=1S/C4H5N4O3P/c1-3-5-7-4(8-6-3)2-11-12(9)10/h2H2,1H3/p+1. The minimum Gasteiger partial charge on any atom is -0.133 e. The first-order valence-electron chi connectivity index (χ1n) is 3.00. The molecule has 0 aliphatic heterocycles. The van der Waals surface area contributed by atoms with Crippen molar-refractivity contribution in [2.24, 2.45) is 0 Å². The maximum Gasteiger partial charge on any atom is 0.695 e. The topological polar surface area (TPSA) is 98.1 Å². The minimum absolute atomic E-state index is 0.161. The zero-order valence-corrected chi connectivity index (χ0v) is 7.10. The highest BCUT2D eigenvalue weighted by Gasteiger charge is 2.13.